The Kier molecular flexibility index (Phi) is 4.04. The second kappa shape index (κ2) is 5.56. The Balaban J connectivity index is 2.32. The van der Waals surface area contributed by atoms with E-state index in [-0.39, 0.29) is 12.1 Å². The number of hydrogen-bond acceptors (Lipinski definition) is 4. The van der Waals surface area contributed by atoms with E-state index in [4.69, 9.17) is 5.11 Å². The molecule has 0 bridgehead atoms. The molecular formula is C12H14BrN3O3. The molecule has 0 radical (unpaired) electrons. The summed E-state index contributed by atoms with van der Waals surface area (Å²) in [5.74, 6) is -0.747. The second-order valence-corrected chi connectivity index (χ2v) is 5.39. The quantitative estimate of drug-likeness (QED) is 0.903. The fourth-order valence-corrected chi connectivity index (χ4v) is 2.42. The number of carbonyl (C=O) groups is 1. The van der Waals surface area contributed by atoms with Gasteiger partial charge in [-0.3, -0.25) is 14.2 Å². The molecule has 1 aliphatic rings. The summed E-state index contributed by atoms with van der Waals surface area (Å²) < 4.78 is 2.21. The fraction of sp³-hybridized carbons (Fsp3) is 0.417. The van der Waals surface area contributed by atoms with Crippen LogP contribution in [0.3, 0.4) is 0 Å². The summed E-state index contributed by atoms with van der Waals surface area (Å²) in [7, 11) is 0. The van der Waals surface area contributed by atoms with Crippen LogP contribution in [0.4, 0.5) is 5.82 Å². The van der Waals surface area contributed by atoms with Crippen LogP contribution < -0.4 is 10.5 Å². The normalized spacial score (nSPS) is 15.8. The van der Waals surface area contributed by atoms with Gasteiger partial charge < -0.3 is 10.0 Å². The molecule has 0 spiro atoms. The van der Waals surface area contributed by atoms with Crippen LogP contribution >= 0.6 is 15.9 Å². The highest BCUT2D eigenvalue weighted by atomic mass is 79.9. The van der Waals surface area contributed by atoms with E-state index in [1.165, 1.54) is 18.0 Å². The van der Waals surface area contributed by atoms with Crippen LogP contribution in [0.5, 0.6) is 0 Å². The standard InChI is InChI=1S/C12H14BrN3O3/c1-8-2-4-15(6-9(8)13)11-12(19)16(5-3-14-11)7-10(17)18/h3,5H,2,4,6-7H2,1H3,(H,17,18). The van der Waals surface area contributed by atoms with Crippen molar-refractivity contribution >= 4 is 27.7 Å². The molecule has 0 saturated heterocycles. The third kappa shape index (κ3) is 3.04. The SMILES string of the molecule is CC1=C(Br)CN(c2nccn(CC(=O)O)c2=O)CC1. The zero-order chi connectivity index (χ0) is 14.0. The first-order valence-corrected chi connectivity index (χ1v) is 6.64. The van der Waals surface area contributed by atoms with Gasteiger partial charge in [-0.1, -0.05) is 21.5 Å². The van der Waals surface area contributed by atoms with E-state index in [1.54, 1.807) is 0 Å². The van der Waals surface area contributed by atoms with E-state index in [1.807, 2.05) is 11.8 Å². The van der Waals surface area contributed by atoms with Crippen LogP contribution in [-0.2, 0) is 11.3 Å². The van der Waals surface area contributed by atoms with Crippen LogP contribution in [-0.4, -0.2) is 33.7 Å². The second-order valence-electron chi connectivity index (χ2n) is 4.43. The Morgan fingerprint density at radius 1 is 1.58 bits per heavy atom. The highest BCUT2D eigenvalue weighted by molar-refractivity contribution is 9.11. The third-order valence-corrected chi connectivity index (χ3v) is 3.98. The minimum absolute atomic E-state index is 0.299. The lowest BCUT2D eigenvalue weighted by Gasteiger charge is -2.28. The molecule has 0 aromatic carbocycles. The Morgan fingerprint density at radius 3 is 2.95 bits per heavy atom. The zero-order valence-corrected chi connectivity index (χ0v) is 12.1. The van der Waals surface area contributed by atoms with Gasteiger partial charge in [-0.25, -0.2) is 4.98 Å². The molecule has 1 aromatic heterocycles. The van der Waals surface area contributed by atoms with Gasteiger partial charge in [0, 0.05) is 23.4 Å². The Bertz CT molecular complexity index is 594. The maximum Gasteiger partial charge on any atom is 0.323 e. The molecule has 7 heteroatoms. The van der Waals surface area contributed by atoms with Crippen LogP contribution in [0.25, 0.3) is 0 Å². The van der Waals surface area contributed by atoms with Crippen molar-refractivity contribution in [3.05, 3.63) is 32.8 Å². The first kappa shape index (κ1) is 13.8. The van der Waals surface area contributed by atoms with E-state index in [2.05, 4.69) is 20.9 Å². The monoisotopic (exact) mass is 327 g/mol. The highest BCUT2D eigenvalue weighted by Gasteiger charge is 2.19. The molecule has 6 nitrogen and oxygen atoms in total. The van der Waals surface area contributed by atoms with Crippen molar-refractivity contribution in [2.24, 2.45) is 0 Å². The molecule has 1 aromatic rings. The van der Waals surface area contributed by atoms with Gasteiger partial charge in [0.05, 0.1) is 6.54 Å². The molecule has 1 N–H and O–H groups in total. The molecule has 2 rings (SSSR count). The molecule has 0 amide bonds. The first-order chi connectivity index (χ1) is 8.99. The molecule has 0 unspecified atom stereocenters. The predicted molar refractivity (Wildman–Crippen MR) is 74.6 cm³/mol. The van der Waals surface area contributed by atoms with Crippen molar-refractivity contribution in [1.82, 2.24) is 9.55 Å². The van der Waals surface area contributed by atoms with Crippen molar-refractivity contribution < 1.29 is 9.90 Å². The van der Waals surface area contributed by atoms with Gasteiger partial charge in [0.25, 0.3) is 5.56 Å². The van der Waals surface area contributed by atoms with Crippen molar-refractivity contribution in [1.29, 1.82) is 0 Å². The summed E-state index contributed by atoms with van der Waals surface area (Å²) in [6.45, 7) is 2.99. The van der Waals surface area contributed by atoms with Crippen LogP contribution in [0.1, 0.15) is 13.3 Å². The third-order valence-electron chi connectivity index (χ3n) is 3.05. The fourth-order valence-electron chi connectivity index (χ4n) is 1.92. The van der Waals surface area contributed by atoms with Gasteiger partial charge >= 0.3 is 5.97 Å². The summed E-state index contributed by atoms with van der Waals surface area (Å²) in [6, 6.07) is 0. The molecular weight excluding hydrogens is 314 g/mol. The summed E-state index contributed by atoms with van der Waals surface area (Å²) in [5, 5.41) is 8.76. The van der Waals surface area contributed by atoms with Crippen molar-refractivity contribution in [3.63, 3.8) is 0 Å². The van der Waals surface area contributed by atoms with E-state index in [0.717, 1.165) is 15.5 Å². The van der Waals surface area contributed by atoms with Crippen molar-refractivity contribution in [3.8, 4) is 0 Å². The molecule has 0 fully saturated rings. The van der Waals surface area contributed by atoms with Crippen molar-refractivity contribution in [2.45, 2.75) is 19.9 Å². The average molecular weight is 328 g/mol. The Morgan fingerprint density at radius 2 is 2.32 bits per heavy atom. The minimum Gasteiger partial charge on any atom is -0.480 e. The number of anilines is 1. The summed E-state index contributed by atoms with van der Waals surface area (Å²) in [4.78, 5) is 28.8. The van der Waals surface area contributed by atoms with Crippen LogP contribution in [0, 0.1) is 0 Å². The van der Waals surface area contributed by atoms with Gasteiger partial charge in [0.15, 0.2) is 5.82 Å². The lowest BCUT2D eigenvalue weighted by molar-refractivity contribution is -0.137. The maximum absolute atomic E-state index is 12.2. The summed E-state index contributed by atoms with van der Waals surface area (Å²) in [6.07, 6.45) is 3.70. The predicted octanol–water partition coefficient (Wildman–Crippen LogP) is 1.21. The summed E-state index contributed by atoms with van der Waals surface area (Å²) in [5.41, 5.74) is 0.891. The van der Waals surface area contributed by atoms with Gasteiger partial charge in [-0.2, -0.15) is 0 Å². The van der Waals surface area contributed by atoms with Gasteiger partial charge in [0.1, 0.15) is 6.54 Å². The van der Waals surface area contributed by atoms with Crippen LogP contribution in [0.2, 0.25) is 0 Å². The molecule has 0 saturated carbocycles. The number of carboxylic acid groups (broad SMARTS) is 1. The minimum atomic E-state index is -1.05. The molecule has 1 aliphatic heterocycles. The highest BCUT2D eigenvalue weighted by Crippen LogP contribution is 2.23. The molecule has 2 heterocycles. The molecule has 102 valence electrons. The van der Waals surface area contributed by atoms with Gasteiger partial charge in [-0.05, 0) is 13.3 Å². The Labute approximate surface area is 118 Å². The van der Waals surface area contributed by atoms with E-state index < -0.39 is 5.97 Å². The van der Waals surface area contributed by atoms with Crippen molar-refractivity contribution in [2.75, 3.05) is 18.0 Å². The lowest BCUT2D eigenvalue weighted by atomic mass is 10.1. The van der Waals surface area contributed by atoms with Gasteiger partial charge in [-0.15, -0.1) is 0 Å². The number of halogens is 1. The summed E-state index contributed by atoms with van der Waals surface area (Å²) >= 11 is 3.48. The molecule has 0 aliphatic carbocycles. The first-order valence-electron chi connectivity index (χ1n) is 5.85. The number of aromatic nitrogens is 2. The smallest absolute Gasteiger partial charge is 0.323 e. The molecule has 19 heavy (non-hydrogen) atoms. The number of rotatable bonds is 3. The largest absolute Gasteiger partial charge is 0.480 e. The lowest BCUT2D eigenvalue weighted by Crippen LogP contribution is -2.37. The maximum atomic E-state index is 12.2. The Hall–Kier alpha value is -1.63. The van der Waals surface area contributed by atoms with E-state index in [9.17, 15) is 9.59 Å². The van der Waals surface area contributed by atoms with E-state index >= 15 is 0 Å². The zero-order valence-electron chi connectivity index (χ0n) is 10.5. The van der Waals surface area contributed by atoms with E-state index in [0.29, 0.717) is 18.9 Å². The van der Waals surface area contributed by atoms with Gasteiger partial charge in [0.2, 0.25) is 0 Å². The molecule has 0 atom stereocenters. The van der Waals surface area contributed by atoms with Crippen LogP contribution in [0.15, 0.2) is 27.2 Å². The number of nitrogens with zero attached hydrogens (tertiary/aromatic N) is 3. The topological polar surface area (TPSA) is 75.4 Å². The average Bonchev–Trinajstić information content (AvgIpc) is 2.35. The number of hydrogen-bond donors (Lipinski definition) is 1. The number of carboxylic acids is 1. The number of aliphatic carboxylic acids is 1.